The Bertz CT molecular complexity index is 890. The van der Waals surface area contributed by atoms with Gasteiger partial charge in [-0.1, -0.05) is 11.6 Å². The van der Waals surface area contributed by atoms with Crippen LogP contribution in [0.3, 0.4) is 0 Å². The smallest absolute Gasteiger partial charge is 0.226 e. The van der Waals surface area contributed by atoms with Gasteiger partial charge in [0.05, 0.1) is 19.6 Å². The standard InChI is InChI=1S/C17H19ClN6/c1-12-5-4-9-23(12)16-7-3-6-15(22(16)2)20-13-11-14(18)21-24-10-8-19-17(13)24/h3,6-8,10-12H,4-5,9H2,1-2H3/p+1. The molecule has 1 atom stereocenters. The third-order valence-corrected chi connectivity index (χ3v) is 4.83. The highest BCUT2D eigenvalue weighted by Crippen LogP contribution is 2.25. The highest BCUT2D eigenvalue weighted by Gasteiger charge is 2.27. The Morgan fingerprint density at radius 3 is 3.04 bits per heavy atom. The Balaban J connectivity index is 1.73. The van der Waals surface area contributed by atoms with E-state index in [4.69, 9.17) is 11.6 Å². The van der Waals surface area contributed by atoms with Crippen molar-refractivity contribution in [1.82, 2.24) is 14.6 Å². The molecule has 7 heteroatoms. The van der Waals surface area contributed by atoms with Crippen molar-refractivity contribution in [1.29, 1.82) is 0 Å². The second-order valence-corrected chi connectivity index (χ2v) is 6.60. The number of halogens is 1. The first kappa shape index (κ1) is 15.2. The second kappa shape index (κ2) is 5.94. The molecule has 1 unspecified atom stereocenters. The monoisotopic (exact) mass is 343 g/mol. The molecule has 6 nitrogen and oxygen atoms in total. The lowest BCUT2D eigenvalue weighted by atomic mass is 10.2. The summed E-state index contributed by atoms with van der Waals surface area (Å²) in [6.45, 7) is 3.38. The minimum Gasteiger partial charge on any atom is -0.290 e. The summed E-state index contributed by atoms with van der Waals surface area (Å²) in [5, 5.41) is 8.09. The van der Waals surface area contributed by atoms with Crippen molar-refractivity contribution in [2.45, 2.75) is 25.8 Å². The van der Waals surface area contributed by atoms with E-state index in [-0.39, 0.29) is 0 Å². The van der Waals surface area contributed by atoms with Gasteiger partial charge in [0.25, 0.3) is 0 Å². The minimum atomic E-state index is 0.426. The molecule has 0 radical (unpaired) electrons. The number of nitrogens with zero attached hydrogens (tertiary/aromatic N) is 5. The summed E-state index contributed by atoms with van der Waals surface area (Å²) in [5.41, 5.74) is 1.58. The number of anilines is 3. The average Bonchev–Trinajstić information content (AvgIpc) is 3.18. The summed E-state index contributed by atoms with van der Waals surface area (Å²) in [4.78, 5) is 6.81. The maximum Gasteiger partial charge on any atom is 0.226 e. The third kappa shape index (κ3) is 2.57. The fraction of sp³-hybridized carbons (Fsp3) is 0.353. The quantitative estimate of drug-likeness (QED) is 0.743. The van der Waals surface area contributed by atoms with E-state index in [1.165, 1.54) is 18.7 Å². The maximum absolute atomic E-state index is 6.13. The molecule has 1 fully saturated rings. The molecule has 4 heterocycles. The van der Waals surface area contributed by atoms with Crippen molar-refractivity contribution in [3.8, 4) is 0 Å². The fourth-order valence-electron chi connectivity index (χ4n) is 3.38. The van der Waals surface area contributed by atoms with Gasteiger partial charge in [0, 0.05) is 30.6 Å². The van der Waals surface area contributed by atoms with Crippen LogP contribution in [0.5, 0.6) is 0 Å². The number of fused-ring (bicyclic) bond motifs is 1. The Morgan fingerprint density at radius 1 is 1.38 bits per heavy atom. The van der Waals surface area contributed by atoms with Crippen LogP contribution in [-0.2, 0) is 7.05 Å². The maximum atomic E-state index is 6.13. The second-order valence-electron chi connectivity index (χ2n) is 6.21. The molecular weight excluding hydrogens is 324 g/mol. The van der Waals surface area contributed by atoms with Gasteiger partial charge in [0.2, 0.25) is 11.6 Å². The van der Waals surface area contributed by atoms with Crippen molar-refractivity contribution in [2.24, 2.45) is 7.05 Å². The van der Waals surface area contributed by atoms with Gasteiger partial charge in [-0.25, -0.2) is 14.1 Å². The first-order valence-electron chi connectivity index (χ1n) is 8.16. The Hall–Kier alpha value is -2.34. The molecule has 3 aromatic heterocycles. The lowest BCUT2D eigenvalue weighted by Crippen LogP contribution is -2.42. The number of hydrogen-bond acceptors (Lipinski definition) is 4. The van der Waals surface area contributed by atoms with Crippen molar-refractivity contribution in [2.75, 3.05) is 16.8 Å². The highest BCUT2D eigenvalue weighted by atomic mass is 35.5. The molecule has 0 saturated carbocycles. The van der Waals surface area contributed by atoms with Crippen LogP contribution in [0.1, 0.15) is 19.8 Å². The first-order chi connectivity index (χ1) is 11.6. The van der Waals surface area contributed by atoms with Crippen LogP contribution in [-0.4, -0.2) is 27.2 Å². The van der Waals surface area contributed by atoms with Gasteiger partial charge in [-0.15, -0.1) is 0 Å². The van der Waals surface area contributed by atoms with E-state index in [9.17, 15) is 0 Å². The molecule has 124 valence electrons. The van der Waals surface area contributed by atoms with Crippen LogP contribution in [0.2, 0.25) is 5.15 Å². The van der Waals surface area contributed by atoms with E-state index in [0.29, 0.717) is 11.2 Å². The van der Waals surface area contributed by atoms with Crippen molar-refractivity contribution in [3.05, 3.63) is 41.8 Å². The number of pyridine rings is 1. The van der Waals surface area contributed by atoms with Crippen LogP contribution in [0, 0.1) is 0 Å². The predicted octanol–water partition coefficient (Wildman–Crippen LogP) is 2.94. The molecule has 1 N–H and O–H groups in total. The van der Waals surface area contributed by atoms with Crippen LogP contribution >= 0.6 is 11.6 Å². The van der Waals surface area contributed by atoms with Gasteiger partial charge in [0.15, 0.2) is 10.8 Å². The fourth-order valence-corrected chi connectivity index (χ4v) is 3.57. The van der Waals surface area contributed by atoms with Crippen LogP contribution in [0.4, 0.5) is 17.3 Å². The zero-order chi connectivity index (χ0) is 16.7. The van der Waals surface area contributed by atoms with E-state index in [2.05, 4.69) is 57.0 Å². The molecular formula is C17H20ClN6+. The number of rotatable bonds is 3. The molecule has 3 aromatic rings. The molecule has 0 spiro atoms. The minimum absolute atomic E-state index is 0.426. The van der Waals surface area contributed by atoms with E-state index < -0.39 is 0 Å². The number of hydrogen-bond donors (Lipinski definition) is 1. The SMILES string of the molecule is CC1CCCN1c1cccc(Nc2cc(Cl)nn3ccnc23)[n+]1C. The Kier molecular flexibility index (Phi) is 3.76. The average molecular weight is 344 g/mol. The van der Waals surface area contributed by atoms with Gasteiger partial charge in [0.1, 0.15) is 5.69 Å². The van der Waals surface area contributed by atoms with Gasteiger partial charge in [-0.2, -0.15) is 5.10 Å². The summed E-state index contributed by atoms with van der Waals surface area (Å²) >= 11 is 6.13. The molecule has 1 saturated heterocycles. The number of aromatic nitrogens is 4. The molecule has 0 amide bonds. The summed E-state index contributed by atoms with van der Waals surface area (Å²) in [5.74, 6) is 2.20. The molecule has 0 aromatic carbocycles. The molecule has 24 heavy (non-hydrogen) atoms. The lowest BCUT2D eigenvalue weighted by molar-refractivity contribution is -0.644. The van der Waals surface area contributed by atoms with Gasteiger partial charge in [-0.05, 0) is 25.8 Å². The van der Waals surface area contributed by atoms with Crippen LogP contribution in [0.15, 0.2) is 36.7 Å². The Labute approximate surface area is 145 Å². The lowest BCUT2D eigenvalue weighted by Gasteiger charge is -2.21. The summed E-state index contributed by atoms with van der Waals surface area (Å²) < 4.78 is 3.85. The first-order valence-corrected chi connectivity index (χ1v) is 8.54. The highest BCUT2D eigenvalue weighted by molar-refractivity contribution is 6.29. The zero-order valence-electron chi connectivity index (χ0n) is 13.8. The molecule has 1 aliphatic rings. The van der Waals surface area contributed by atoms with Crippen molar-refractivity contribution >= 4 is 34.6 Å². The van der Waals surface area contributed by atoms with E-state index in [1.54, 1.807) is 23.0 Å². The number of nitrogens with one attached hydrogen (secondary N) is 1. The van der Waals surface area contributed by atoms with E-state index >= 15 is 0 Å². The van der Waals surface area contributed by atoms with E-state index in [1.807, 2.05) is 0 Å². The van der Waals surface area contributed by atoms with Crippen LogP contribution < -0.4 is 14.8 Å². The predicted molar refractivity (Wildman–Crippen MR) is 94.9 cm³/mol. The Morgan fingerprint density at radius 2 is 2.25 bits per heavy atom. The topological polar surface area (TPSA) is 49.3 Å². The number of imidazole rings is 1. The van der Waals surface area contributed by atoms with Crippen molar-refractivity contribution < 1.29 is 4.57 Å². The van der Waals surface area contributed by atoms with Gasteiger partial charge in [-0.3, -0.25) is 10.2 Å². The van der Waals surface area contributed by atoms with Crippen molar-refractivity contribution in [3.63, 3.8) is 0 Å². The molecule has 0 aliphatic carbocycles. The molecule has 4 rings (SSSR count). The summed E-state index contributed by atoms with van der Waals surface area (Å²) in [6.07, 6.45) is 5.99. The normalized spacial score (nSPS) is 17.6. The zero-order valence-corrected chi connectivity index (χ0v) is 14.5. The van der Waals surface area contributed by atoms with Gasteiger partial charge >= 0.3 is 0 Å². The largest absolute Gasteiger partial charge is 0.290 e. The summed E-state index contributed by atoms with van der Waals surface area (Å²) in [6, 6.07) is 8.67. The third-order valence-electron chi connectivity index (χ3n) is 4.64. The van der Waals surface area contributed by atoms with Gasteiger partial charge < -0.3 is 0 Å². The van der Waals surface area contributed by atoms with E-state index in [0.717, 1.165) is 23.7 Å². The molecule has 0 bridgehead atoms. The van der Waals surface area contributed by atoms with Crippen LogP contribution in [0.25, 0.3) is 5.65 Å². The molecule has 1 aliphatic heterocycles. The summed E-state index contributed by atoms with van der Waals surface area (Å²) in [7, 11) is 2.08.